The molecule has 0 radical (unpaired) electrons. The second kappa shape index (κ2) is 5.78. The summed E-state index contributed by atoms with van der Waals surface area (Å²) in [7, 11) is 0.137. The predicted molar refractivity (Wildman–Crippen MR) is 80.1 cm³/mol. The molecule has 1 fully saturated rings. The first-order valence-corrected chi connectivity index (χ1v) is 8.38. The van der Waals surface area contributed by atoms with Crippen LogP contribution in [0, 0.1) is 0 Å². The average Bonchev–Trinajstić information content (AvgIpc) is 2.40. The number of nitrogens with zero attached hydrogens (tertiary/aromatic N) is 2. The molecule has 0 amide bonds. The Hall–Kier alpha value is -0.630. The molecule has 0 aliphatic carbocycles. The predicted octanol–water partition coefficient (Wildman–Crippen LogP) is 1.11. The fraction of sp³-hybridized carbons (Fsp3) is 0.500. The lowest BCUT2D eigenvalue weighted by Crippen LogP contribution is -2.44. The number of hydrogen-bond donors (Lipinski definition) is 1. The number of piperazine rings is 1. The van der Waals surface area contributed by atoms with Crippen LogP contribution in [0.2, 0.25) is 0 Å². The highest BCUT2D eigenvalue weighted by Gasteiger charge is 2.18. The van der Waals surface area contributed by atoms with E-state index in [-0.39, 0.29) is 4.90 Å². The number of anilines is 1. The molecule has 1 aliphatic heterocycles. The van der Waals surface area contributed by atoms with Gasteiger partial charge in [-0.05, 0) is 48.2 Å². The minimum absolute atomic E-state index is 0.278. The van der Waals surface area contributed by atoms with Crippen molar-refractivity contribution < 1.29 is 8.42 Å². The number of rotatable bonds is 3. The van der Waals surface area contributed by atoms with Crippen LogP contribution in [0.5, 0.6) is 0 Å². The van der Waals surface area contributed by atoms with E-state index in [2.05, 4.69) is 37.5 Å². The van der Waals surface area contributed by atoms with Crippen LogP contribution in [0.25, 0.3) is 0 Å². The van der Waals surface area contributed by atoms with Gasteiger partial charge in [0.05, 0.1) is 10.6 Å². The van der Waals surface area contributed by atoms with Crippen LogP contribution >= 0.6 is 15.9 Å². The lowest BCUT2D eigenvalue weighted by Gasteiger charge is -2.34. The first kappa shape index (κ1) is 14.8. The second-order valence-electron chi connectivity index (χ2n) is 4.61. The van der Waals surface area contributed by atoms with Crippen molar-refractivity contribution >= 4 is 31.6 Å². The molecule has 106 valence electrons. The zero-order valence-electron chi connectivity index (χ0n) is 11.1. The normalized spacial score (nSPS) is 17.7. The number of hydrogen-bond acceptors (Lipinski definition) is 4. The van der Waals surface area contributed by atoms with Gasteiger partial charge in [0.2, 0.25) is 10.0 Å². The molecule has 1 N–H and O–H groups in total. The van der Waals surface area contributed by atoms with E-state index < -0.39 is 10.0 Å². The van der Waals surface area contributed by atoms with Crippen molar-refractivity contribution in [3.05, 3.63) is 22.7 Å². The van der Waals surface area contributed by atoms with Crippen LogP contribution in [-0.4, -0.2) is 53.6 Å². The topological polar surface area (TPSA) is 52.7 Å². The first-order chi connectivity index (χ1) is 8.94. The van der Waals surface area contributed by atoms with E-state index in [9.17, 15) is 8.42 Å². The van der Waals surface area contributed by atoms with Crippen LogP contribution in [0.15, 0.2) is 27.6 Å². The quantitative estimate of drug-likeness (QED) is 0.889. The molecule has 0 spiro atoms. The smallest absolute Gasteiger partial charge is 0.240 e. The van der Waals surface area contributed by atoms with Crippen molar-refractivity contribution in [2.24, 2.45) is 0 Å². The summed E-state index contributed by atoms with van der Waals surface area (Å²) in [5, 5.41) is 0. The highest BCUT2D eigenvalue weighted by molar-refractivity contribution is 9.10. The number of benzene rings is 1. The Labute approximate surface area is 122 Å². The lowest BCUT2D eigenvalue weighted by atomic mass is 10.2. The molecule has 1 saturated heterocycles. The molecule has 5 nitrogen and oxygen atoms in total. The lowest BCUT2D eigenvalue weighted by molar-refractivity contribution is 0.312. The molecule has 2 rings (SSSR count). The molecule has 1 aromatic carbocycles. The van der Waals surface area contributed by atoms with Gasteiger partial charge in [-0.15, -0.1) is 0 Å². The third-order valence-electron chi connectivity index (χ3n) is 3.34. The van der Waals surface area contributed by atoms with Gasteiger partial charge in [-0.3, -0.25) is 0 Å². The van der Waals surface area contributed by atoms with Crippen LogP contribution in [0.4, 0.5) is 5.69 Å². The van der Waals surface area contributed by atoms with Crippen molar-refractivity contribution in [3.8, 4) is 0 Å². The van der Waals surface area contributed by atoms with Crippen molar-refractivity contribution in [3.63, 3.8) is 0 Å². The van der Waals surface area contributed by atoms with Crippen molar-refractivity contribution in [1.29, 1.82) is 0 Å². The highest BCUT2D eigenvalue weighted by atomic mass is 79.9. The molecular weight excluding hydrogens is 330 g/mol. The molecule has 7 heteroatoms. The van der Waals surface area contributed by atoms with Gasteiger partial charge in [0.1, 0.15) is 0 Å². The second-order valence-corrected chi connectivity index (χ2v) is 7.35. The van der Waals surface area contributed by atoms with Gasteiger partial charge in [-0.25, -0.2) is 13.1 Å². The van der Waals surface area contributed by atoms with Crippen molar-refractivity contribution in [1.82, 2.24) is 9.62 Å². The van der Waals surface area contributed by atoms with Crippen LogP contribution in [0.1, 0.15) is 0 Å². The summed E-state index contributed by atoms with van der Waals surface area (Å²) in [5.74, 6) is 0. The molecule has 0 unspecified atom stereocenters. The summed E-state index contributed by atoms with van der Waals surface area (Å²) >= 11 is 3.47. The Kier molecular flexibility index (Phi) is 4.50. The molecular formula is C12H18BrN3O2S. The van der Waals surface area contributed by atoms with E-state index in [1.54, 1.807) is 12.1 Å². The maximum absolute atomic E-state index is 11.7. The molecule has 1 heterocycles. The SMILES string of the molecule is CNS(=O)(=O)c1ccc(N2CCN(C)CC2)c(Br)c1. The van der Waals surface area contributed by atoms with Crippen molar-refractivity contribution in [2.45, 2.75) is 4.90 Å². The van der Waals surface area contributed by atoms with Crippen LogP contribution in [-0.2, 0) is 10.0 Å². The monoisotopic (exact) mass is 347 g/mol. The molecule has 0 bridgehead atoms. The number of likely N-dealkylation sites (N-methyl/N-ethyl adjacent to an activating group) is 1. The number of nitrogens with one attached hydrogen (secondary N) is 1. The fourth-order valence-corrected chi connectivity index (χ4v) is 3.61. The molecule has 0 atom stereocenters. The summed E-state index contributed by atoms with van der Waals surface area (Å²) < 4.78 is 26.6. The third-order valence-corrected chi connectivity index (χ3v) is 5.39. The van der Waals surface area contributed by atoms with Gasteiger partial charge >= 0.3 is 0 Å². The fourth-order valence-electron chi connectivity index (χ4n) is 2.08. The average molecular weight is 348 g/mol. The minimum Gasteiger partial charge on any atom is -0.368 e. The van der Waals surface area contributed by atoms with Gasteiger partial charge in [-0.2, -0.15) is 0 Å². The summed E-state index contributed by atoms with van der Waals surface area (Å²) in [6, 6.07) is 5.16. The Balaban J connectivity index is 2.25. The standard InChI is InChI=1S/C12H18BrN3O2S/c1-14-19(17,18)10-3-4-12(11(13)9-10)16-7-5-15(2)6-8-16/h3-4,9,14H,5-8H2,1-2H3. The number of halogens is 1. The van der Waals surface area contributed by atoms with Gasteiger partial charge < -0.3 is 9.80 Å². The largest absolute Gasteiger partial charge is 0.368 e. The Morgan fingerprint density at radius 2 is 1.84 bits per heavy atom. The summed E-state index contributed by atoms with van der Waals surface area (Å²) in [5.41, 5.74) is 1.04. The maximum Gasteiger partial charge on any atom is 0.240 e. The third kappa shape index (κ3) is 3.28. The molecule has 1 aliphatic rings. The highest BCUT2D eigenvalue weighted by Crippen LogP contribution is 2.29. The van der Waals surface area contributed by atoms with Gasteiger partial charge in [-0.1, -0.05) is 0 Å². The summed E-state index contributed by atoms with van der Waals surface area (Å²) in [6.07, 6.45) is 0. The van der Waals surface area contributed by atoms with E-state index in [1.165, 1.54) is 7.05 Å². The number of sulfonamides is 1. The van der Waals surface area contributed by atoms with E-state index in [4.69, 9.17) is 0 Å². The zero-order chi connectivity index (χ0) is 14.0. The zero-order valence-corrected chi connectivity index (χ0v) is 13.5. The van der Waals surface area contributed by atoms with E-state index in [1.807, 2.05) is 6.07 Å². The van der Waals surface area contributed by atoms with Gasteiger partial charge in [0.15, 0.2) is 0 Å². The van der Waals surface area contributed by atoms with Crippen molar-refractivity contribution in [2.75, 3.05) is 45.2 Å². The Morgan fingerprint density at radius 1 is 1.21 bits per heavy atom. The van der Waals surface area contributed by atoms with E-state index >= 15 is 0 Å². The molecule has 0 saturated carbocycles. The molecule has 1 aromatic rings. The van der Waals surface area contributed by atoms with Crippen LogP contribution < -0.4 is 9.62 Å². The van der Waals surface area contributed by atoms with Crippen LogP contribution in [0.3, 0.4) is 0 Å². The molecule has 0 aromatic heterocycles. The Morgan fingerprint density at radius 3 is 2.37 bits per heavy atom. The van der Waals surface area contributed by atoms with Gasteiger partial charge in [0, 0.05) is 30.7 Å². The van der Waals surface area contributed by atoms with E-state index in [0.717, 1.165) is 36.3 Å². The van der Waals surface area contributed by atoms with E-state index in [0.29, 0.717) is 0 Å². The Bertz CT molecular complexity index is 554. The van der Waals surface area contributed by atoms with Gasteiger partial charge in [0.25, 0.3) is 0 Å². The summed E-state index contributed by atoms with van der Waals surface area (Å²) in [4.78, 5) is 4.82. The first-order valence-electron chi connectivity index (χ1n) is 6.10. The molecule has 19 heavy (non-hydrogen) atoms. The summed E-state index contributed by atoms with van der Waals surface area (Å²) in [6.45, 7) is 3.94. The minimum atomic E-state index is -3.38. The maximum atomic E-state index is 11.7.